The van der Waals surface area contributed by atoms with E-state index < -0.39 is 0 Å². The molecule has 0 radical (unpaired) electrons. The maximum absolute atomic E-state index is 11.5. The van der Waals surface area contributed by atoms with Crippen LogP contribution in [-0.4, -0.2) is 26.0 Å². The molecule has 1 fully saturated rings. The zero-order valence-corrected chi connectivity index (χ0v) is 9.64. The Hall–Kier alpha value is -1.23. The highest BCUT2D eigenvalue weighted by molar-refractivity contribution is 8.00. The molecule has 1 unspecified atom stereocenters. The van der Waals surface area contributed by atoms with Crippen molar-refractivity contribution < 1.29 is 0 Å². The molecule has 3 rings (SSSR count). The van der Waals surface area contributed by atoms with E-state index in [4.69, 9.17) is 0 Å². The topological polar surface area (TPSA) is 61.5 Å². The van der Waals surface area contributed by atoms with Crippen LogP contribution in [0.5, 0.6) is 0 Å². The maximum Gasteiger partial charge on any atom is 0.275 e. The number of thioether (sulfide) groups is 1. The van der Waals surface area contributed by atoms with Crippen LogP contribution in [0.1, 0.15) is 18.4 Å². The molecular weight excluding hydrogens is 222 g/mol. The number of hydrogen-bond acceptors (Lipinski definition) is 3. The number of aromatic amines is 2. The van der Waals surface area contributed by atoms with Crippen molar-refractivity contribution in [2.45, 2.75) is 24.5 Å². The summed E-state index contributed by atoms with van der Waals surface area (Å²) < 4.78 is 0. The summed E-state index contributed by atoms with van der Waals surface area (Å²) in [6.07, 6.45) is 7.00. The van der Waals surface area contributed by atoms with Crippen molar-refractivity contribution in [2.24, 2.45) is 0 Å². The molecule has 0 aliphatic carbocycles. The van der Waals surface area contributed by atoms with Crippen LogP contribution in [0, 0.1) is 0 Å². The molecule has 84 valence electrons. The first kappa shape index (κ1) is 9.96. The largest absolute Gasteiger partial charge is 0.355 e. The molecule has 3 heterocycles. The molecule has 4 nitrogen and oxygen atoms in total. The van der Waals surface area contributed by atoms with E-state index in [9.17, 15) is 4.79 Å². The van der Waals surface area contributed by atoms with Crippen molar-refractivity contribution in [3.05, 3.63) is 28.4 Å². The first-order chi connectivity index (χ1) is 7.84. The number of rotatable bonds is 2. The second-order valence-electron chi connectivity index (χ2n) is 4.11. The number of H-pyrrole nitrogens is 2. The average Bonchev–Trinajstić information content (AvgIpc) is 2.90. The van der Waals surface area contributed by atoms with Gasteiger partial charge >= 0.3 is 0 Å². The zero-order chi connectivity index (χ0) is 11.0. The van der Waals surface area contributed by atoms with E-state index >= 15 is 0 Å². The molecular formula is C11H13N3OS. The predicted molar refractivity (Wildman–Crippen MR) is 65.9 cm³/mol. The molecule has 1 saturated heterocycles. The van der Waals surface area contributed by atoms with Gasteiger partial charge in [-0.05, 0) is 30.6 Å². The lowest BCUT2D eigenvalue weighted by atomic mass is 10.1. The van der Waals surface area contributed by atoms with Gasteiger partial charge < -0.3 is 9.97 Å². The number of hydrogen-bond donors (Lipinski definition) is 2. The van der Waals surface area contributed by atoms with Crippen molar-refractivity contribution >= 4 is 22.8 Å². The molecule has 0 bridgehead atoms. The van der Waals surface area contributed by atoms with Crippen molar-refractivity contribution in [3.8, 4) is 0 Å². The summed E-state index contributed by atoms with van der Waals surface area (Å²) in [5.41, 5.74) is 2.51. The quantitative estimate of drug-likeness (QED) is 0.832. The third kappa shape index (κ3) is 1.65. The number of nitrogens with zero attached hydrogens (tertiary/aromatic N) is 1. The van der Waals surface area contributed by atoms with Gasteiger partial charge in [0.15, 0.2) is 0 Å². The third-order valence-corrected chi connectivity index (χ3v) is 4.42. The Morgan fingerprint density at radius 2 is 2.44 bits per heavy atom. The number of nitrogens with one attached hydrogen (secondary N) is 2. The Balaban J connectivity index is 1.97. The standard InChI is InChI=1S/C11H13N3OS/c15-11-10-9(13-6-14-11)7(5-12-10)4-8-2-1-3-16-8/h5-6,8,12H,1-4H2,(H,13,14,15). The lowest BCUT2D eigenvalue weighted by Crippen LogP contribution is -2.07. The van der Waals surface area contributed by atoms with Gasteiger partial charge in [-0.2, -0.15) is 11.8 Å². The fraction of sp³-hybridized carbons (Fsp3) is 0.455. The minimum atomic E-state index is -0.0877. The van der Waals surface area contributed by atoms with Crippen LogP contribution >= 0.6 is 11.8 Å². The molecule has 0 aromatic carbocycles. The monoisotopic (exact) mass is 235 g/mol. The highest BCUT2D eigenvalue weighted by atomic mass is 32.2. The summed E-state index contributed by atoms with van der Waals surface area (Å²) in [6.45, 7) is 0. The van der Waals surface area contributed by atoms with Crippen molar-refractivity contribution in [1.29, 1.82) is 0 Å². The first-order valence-corrected chi connectivity index (χ1v) is 6.55. The van der Waals surface area contributed by atoms with Crippen LogP contribution in [-0.2, 0) is 6.42 Å². The molecule has 2 N–H and O–H groups in total. The SMILES string of the molecule is O=c1[nH]cnc2c(CC3CCCS3)c[nH]c12. The summed E-state index contributed by atoms with van der Waals surface area (Å²) >= 11 is 2.03. The molecule has 0 spiro atoms. The smallest absolute Gasteiger partial charge is 0.275 e. The van der Waals surface area contributed by atoms with Gasteiger partial charge in [-0.25, -0.2) is 4.98 Å². The Morgan fingerprint density at radius 3 is 3.25 bits per heavy atom. The molecule has 2 aromatic heterocycles. The van der Waals surface area contributed by atoms with Gasteiger partial charge in [-0.1, -0.05) is 0 Å². The van der Waals surface area contributed by atoms with Gasteiger partial charge in [0.2, 0.25) is 0 Å². The van der Waals surface area contributed by atoms with E-state index in [2.05, 4.69) is 15.0 Å². The second kappa shape index (κ2) is 3.97. The highest BCUT2D eigenvalue weighted by Gasteiger charge is 2.18. The van der Waals surface area contributed by atoms with Crippen LogP contribution in [0.15, 0.2) is 17.3 Å². The summed E-state index contributed by atoms with van der Waals surface area (Å²) in [4.78, 5) is 21.3. The molecule has 16 heavy (non-hydrogen) atoms. The van der Waals surface area contributed by atoms with E-state index in [1.54, 1.807) is 0 Å². The number of fused-ring (bicyclic) bond motifs is 1. The highest BCUT2D eigenvalue weighted by Crippen LogP contribution is 2.30. The fourth-order valence-electron chi connectivity index (χ4n) is 2.21. The maximum atomic E-state index is 11.5. The van der Waals surface area contributed by atoms with Crippen LogP contribution in [0.2, 0.25) is 0 Å². The normalized spacial score (nSPS) is 20.6. The van der Waals surface area contributed by atoms with Crippen molar-refractivity contribution in [2.75, 3.05) is 5.75 Å². The van der Waals surface area contributed by atoms with Gasteiger partial charge in [-0.15, -0.1) is 0 Å². The summed E-state index contributed by atoms with van der Waals surface area (Å²) in [7, 11) is 0. The van der Waals surface area contributed by atoms with Crippen LogP contribution < -0.4 is 5.56 Å². The molecule has 2 aromatic rings. The first-order valence-electron chi connectivity index (χ1n) is 5.50. The Morgan fingerprint density at radius 1 is 1.50 bits per heavy atom. The van der Waals surface area contributed by atoms with Gasteiger partial charge in [0.1, 0.15) is 5.52 Å². The zero-order valence-electron chi connectivity index (χ0n) is 8.82. The van der Waals surface area contributed by atoms with Gasteiger partial charge in [0.05, 0.1) is 11.8 Å². The summed E-state index contributed by atoms with van der Waals surface area (Å²) in [5, 5.41) is 0.695. The average molecular weight is 235 g/mol. The third-order valence-electron chi connectivity index (χ3n) is 3.02. The summed E-state index contributed by atoms with van der Waals surface area (Å²) in [5.74, 6) is 1.26. The molecule has 1 aliphatic heterocycles. The minimum Gasteiger partial charge on any atom is -0.355 e. The Labute approximate surface area is 96.9 Å². The molecule has 0 amide bonds. The lowest BCUT2D eigenvalue weighted by Gasteiger charge is -2.05. The Bertz CT molecular complexity index is 554. The van der Waals surface area contributed by atoms with Crippen molar-refractivity contribution in [1.82, 2.24) is 15.0 Å². The van der Waals surface area contributed by atoms with Crippen LogP contribution in [0.25, 0.3) is 11.0 Å². The van der Waals surface area contributed by atoms with E-state index in [1.807, 2.05) is 18.0 Å². The van der Waals surface area contributed by atoms with Crippen LogP contribution in [0.4, 0.5) is 0 Å². The van der Waals surface area contributed by atoms with E-state index in [-0.39, 0.29) is 5.56 Å². The van der Waals surface area contributed by atoms with E-state index in [0.29, 0.717) is 10.8 Å². The second-order valence-corrected chi connectivity index (χ2v) is 5.52. The van der Waals surface area contributed by atoms with E-state index in [0.717, 1.165) is 11.9 Å². The predicted octanol–water partition coefficient (Wildman–Crippen LogP) is 1.69. The molecule has 5 heteroatoms. The number of aromatic nitrogens is 3. The molecule has 1 atom stereocenters. The minimum absolute atomic E-state index is 0.0877. The van der Waals surface area contributed by atoms with Gasteiger partial charge in [0, 0.05) is 11.4 Å². The Kier molecular flexibility index (Phi) is 2.47. The molecule has 0 saturated carbocycles. The lowest BCUT2D eigenvalue weighted by molar-refractivity contribution is 0.779. The van der Waals surface area contributed by atoms with Gasteiger partial charge in [0.25, 0.3) is 5.56 Å². The molecule has 1 aliphatic rings. The van der Waals surface area contributed by atoms with Crippen LogP contribution in [0.3, 0.4) is 0 Å². The van der Waals surface area contributed by atoms with Crippen molar-refractivity contribution in [3.63, 3.8) is 0 Å². The van der Waals surface area contributed by atoms with E-state index in [1.165, 1.54) is 30.5 Å². The van der Waals surface area contributed by atoms with Gasteiger partial charge in [-0.3, -0.25) is 4.79 Å². The fourth-order valence-corrected chi connectivity index (χ4v) is 3.51. The summed E-state index contributed by atoms with van der Waals surface area (Å²) in [6, 6.07) is 0.